The van der Waals surface area contributed by atoms with E-state index in [9.17, 15) is 18.3 Å². The third kappa shape index (κ3) is 9.05. The van der Waals surface area contributed by atoms with Crippen LogP contribution in [0.25, 0.3) is 0 Å². The van der Waals surface area contributed by atoms with E-state index in [0.717, 1.165) is 37.5 Å². The van der Waals surface area contributed by atoms with E-state index in [-0.39, 0.29) is 29.8 Å². The van der Waals surface area contributed by atoms with Crippen molar-refractivity contribution in [3.05, 3.63) is 89.5 Å². The Morgan fingerprint density at radius 2 is 1.68 bits per heavy atom. The summed E-state index contributed by atoms with van der Waals surface area (Å²) in [6.07, 6.45) is 4.40. The van der Waals surface area contributed by atoms with E-state index in [0.29, 0.717) is 36.4 Å². The monoisotopic (exact) mass is 581 g/mol. The second kappa shape index (κ2) is 14.5. The number of ether oxygens (including phenoxy) is 3. The first-order chi connectivity index (χ1) is 19.7. The molecule has 0 saturated heterocycles. The minimum absolute atomic E-state index is 0.0303. The van der Waals surface area contributed by atoms with Crippen LogP contribution in [-0.4, -0.2) is 57.7 Å². The molecule has 0 amide bonds. The van der Waals surface area contributed by atoms with Crippen LogP contribution in [0, 0.1) is 0 Å². The zero-order chi connectivity index (χ0) is 29.2. The van der Waals surface area contributed by atoms with Crippen LogP contribution in [-0.2, 0) is 21.2 Å². The smallest absolute Gasteiger partial charge is 0.338 e. The van der Waals surface area contributed by atoms with Gasteiger partial charge in [0.15, 0.2) is 9.84 Å². The van der Waals surface area contributed by atoms with Crippen molar-refractivity contribution in [2.75, 3.05) is 26.0 Å². The number of sulfone groups is 1. The Labute approximate surface area is 242 Å². The molecule has 1 atom stereocenters. The topological polar surface area (TPSA) is 111 Å². The molecule has 3 aromatic rings. The van der Waals surface area contributed by atoms with Crippen molar-refractivity contribution in [3.8, 4) is 11.5 Å². The van der Waals surface area contributed by atoms with Crippen LogP contribution in [0.3, 0.4) is 0 Å². The average Bonchev–Trinajstić information content (AvgIpc) is 2.98. The molecule has 1 saturated carbocycles. The van der Waals surface area contributed by atoms with Gasteiger partial charge in [0.25, 0.3) is 0 Å². The lowest BCUT2D eigenvalue weighted by Gasteiger charge is -2.30. The fraction of sp³-hybridized carbons (Fsp3) is 0.406. The van der Waals surface area contributed by atoms with Crippen molar-refractivity contribution in [2.45, 2.75) is 62.2 Å². The first-order valence-corrected chi connectivity index (χ1v) is 15.9. The molecule has 0 aromatic heterocycles. The molecular formula is C32H39NO7S. The number of nitrogens with one attached hydrogen (secondary N) is 1. The number of hydrogen-bond acceptors (Lipinski definition) is 8. The number of rotatable bonds is 13. The van der Waals surface area contributed by atoms with Crippen molar-refractivity contribution >= 4 is 15.8 Å². The summed E-state index contributed by atoms with van der Waals surface area (Å²) in [6, 6.07) is 22.2. The first kappa shape index (κ1) is 30.6. The molecule has 3 aromatic carbocycles. The lowest BCUT2D eigenvalue weighted by Crippen LogP contribution is -2.39. The lowest BCUT2D eigenvalue weighted by atomic mass is 9.81. The van der Waals surface area contributed by atoms with Gasteiger partial charge in [-0.2, -0.15) is 0 Å². The number of esters is 1. The standard InChI is InChI=1S/C32H39NO7S/c1-3-38-32(35)26-11-9-24(10-12-26)25-13-15-27(16-14-25)33-20-28(34)22-39-29-17-18-30(31(19-29)41(2,36)37)40-21-23-7-5-4-6-8-23/h4-12,17-19,25,27-28,33-34H,3,13-16,20-22H2,1-2H3/t25?,27?,28-/m0/s1. The highest BCUT2D eigenvalue weighted by atomic mass is 32.2. The molecule has 0 bridgehead atoms. The Morgan fingerprint density at radius 3 is 2.34 bits per heavy atom. The Morgan fingerprint density at radius 1 is 0.976 bits per heavy atom. The van der Waals surface area contributed by atoms with Crippen LogP contribution in [0.15, 0.2) is 77.7 Å². The van der Waals surface area contributed by atoms with Crippen molar-refractivity contribution in [3.63, 3.8) is 0 Å². The van der Waals surface area contributed by atoms with Crippen LogP contribution in [0.2, 0.25) is 0 Å². The van der Waals surface area contributed by atoms with E-state index in [1.165, 1.54) is 11.6 Å². The molecule has 2 N–H and O–H groups in total. The van der Waals surface area contributed by atoms with Crippen molar-refractivity contribution in [1.29, 1.82) is 0 Å². The quantitative estimate of drug-likeness (QED) is 0.274. The maximum Gasteiger partial charge on any atom is 0.338 e. The molecule has 0 heterocycles. The first-order valence-electron chi connectivity index (χ1n) is 14.0. The maximum absolute atomic E-state index is 12.4. The highest BCUT2D eigenvalue weighted by Crippen LogP contribution is 2.33. The van der Waals surface area contributed by atoms with Crippen LogP contribution < -0.4 is 14.8 Å². The summed E-state index contributed by atoms with van der Waals surface area (Å²) in [7, 11) is -3.56. The van der Waals surface area contributed by atoms with Gasteiger partial charge < -0.3 is 24.6 Å². The SMILES string of the molecule is CCOC(=O)c1ccc(C2CCC(NC[C@H](O)COc3ccc(OCc4ccccc4)c(S(C)(=O)=O)c3)CC2)cc1. The van der Waals surface area contributed by atoms with Gasteiger partial charge >= 0.3 is 5.97 Å². The van der Waals surface area contributed by atoms with Crippen LogP contribution in [0.5, 0.6) is 11.5 Å². The normalized spacial score (nSPS) is 17.9. The molecule has 0 spiro atoms. The summed E-state index contributed by atoms with van der Waals surface area (Å²) in [5, 5.41) is 13.9. The molecular weight excluding hydrogens is 542 g/mol. The molecule has 0 unspecified atom stereocenters. The van der Waals surface area contributed by atoms with Gasteiger partial charge in [-0.1, -0.05) is 42.5 Å². The molecule has 1 fully saturated rings. The largest absolute Gasteiger partial charge is 0.491 e. The van der Waals surface area contributed by atoms with Gasteiger partial charge in [-0.3, -0.25) is 0 Å². The zero-order valence-corrected chi connectivity index (χ0v) is 24.4. The lowest BCUT2D eigenvalue weighted by molar-refractivity contribution is 0.0526. The van der Waals surface area contributed by atoms with Gasteiger partial charge in [0.05, 0.1) is 12.2 Å². The van der Waals surface area contributed by atoms with Gasteiger partial charge in [0.1, 0.15) is 35.7 Å². The van der Waals surface area contributed by atoms with Crippen LogP contribution in [0.1, 0.15) is 60.0 Å². The second-order valence-electron chi connectivity index (χ2n) is 10.4. The summed E-state index contributed by atoms with van der Waals surface area (Å²) in [4.78, 5) is 11.9. The molecule has 1 aliphatic rings. The summed E-state index contributed by atoms with van der Waals surface area (Å²) < 4.78 is 41.4. The second-order valence-corrected chi connectivity index (χ2v) is 12.4. The van der Waals surface area contributed by atoms with E-state index >= 15 is 0 Å². The van der Waals surface area contributed by atoms with E-state index in [1.54, 1.807) is 19.1 Å². The predicted molar refractivity (Wildman–Crippen MR) is 157 cm³/mol. The molecule has 9 heteroatoms. The molecule has 220 valence electrons. The number of benzene rings is 3. The number of carbonyl (C=O) groups excluding carboxylic acids is 1. The van der Waals surface area contributed by atoms with Crippen molar-refractivity contribution in [2.24, 2.45) is 0 Å². The average molecular weight is 582 g/mol. The third-order valence-corrected chi connectivity index (χ3v) is 8.37. The van der Waals surface area contributed by atoms with Gasteiger partial charge in [-0.05, 0) is 73.9 Å². The Bertz CT molecular complexity index is 1370. The molecule has 4 rings (SSSR count). The van der Waals surface area contributed by atoms with Gasteiger partial charge in [0, 0.05) is 24.9 Å². The molecule has 41 heavy (non-hydrogen) atoms. The minimum atomic E-state index is -3.56. The Balaban J connectivity index is 1.22. The fourth-order valence-electron chi connectivity index (χ4n) is 5.01. The van der Waals surface area contributed by atoms with Gasteiger partial charge in [-0.15, -0.1) is 0 Å². The van der Waals surface area contributed by atoms with Crippen molar-refractivity contribution in [1.82, 2.24) is 5.32 Å². The van der Waals surface area contributed by atoms with Crippen molar-refractivity contribution < 1.29 is 32.5 Å². The van der Waals surface area contributed by atoms with Gasteiger partial charge in [0.2, 0.25) is 0 Å². The number of hydrogen-bond donors (Lipinski definition) is 2. The predicted octanol–water partition coefficient (Wildman–Crippen LogP) is 4.90. The maximum atomic E-state index is 12.4. The van der Waals surface area contributed by atoms with Crippen LogP contribution >= 0.6 is 0 Å². The summed E-state index contributed by atoms with van der Waals surface area (Å²) in [5.74, 6) is 0.763. The Hall–Kier alpha value is -3.40. The van der Waals surface area contributed by atoms with Gasteiger partial charge in [-0.25, -0.2) is 13.2 Å². The van der Waals surface area contributed by atoms with E-state index < -0.39 is 15.9 Å². The minimum Gasteiger partial charge on any atom is -0.491 e. The Kier molecular flexibility index (Phi) is 10.8. The summed E-state index contributed by atoms with van der Waals surface area (Å²) in [6.45, 7) is 2.81. The summed E-state index contributed by atoms with van der Waals surface area (Å²) >= 11 is 0. The van der Waals surface area contributed by atoms with Crippen LogP contribution in [0.4, 0.5) is 0 Å². The number of carbonyl (C=O) groups is 1. The zero-order valence-electron chi connectivity index (χ0n) is 23.6. The number of aliphatic hydroxyl groups excluding tert-OH is 1. The molecule has 1 aliphatic carbocycles. The summed E-state index contributed by atoms with van der Waals surface area (Å²) in [5.41, 5.74) is 2.73. The highest BCUT2D eigenvalue weighted by Gasteiger charge is 2.23. The van der Waals surface area contributed by atoms with E-state index in [4.69, 9.17) is 14.2 Å². The van der Waals surface area contributed by atoms with E-state index in [1.807, 2.05) is 54.6 Å². The molecule has 0 aliphatic heterocycles. The fourth-order valence-corrected chi connectivity index (χ4v) is 5.84. The third-order valence-electron chi connectivity index (χ3n) is 7.26. The molecule has 8 nitrogen and oxygen atoms in total. The highest BCUT2D eigenvalue weighted by molar-refractivity contribution is 7.90. The number of aliphatic hydroxyl groups is 1. The molecule has 0 radical (unpaired) electrons. The van der Waals surface area contributed by atoms with E-state index in [2.05, 4.69) is 5.32 Å².